The predicted octanol–water partition coefficient (Wildman–Crippen LogP) is 2.66. The van der Waals surface area contributed by atoms with Crippen LogP contribution in [0, 0.1) is 0 Å². The third-order valence-electron chi connectivity index (χ3n) is 4.00. The predicted molar refractivity (Wildman–Crippen MR) is 111 cm³/mol. The van der Waals surface area contributed by atoms with Crippen molar-refractivity contribution in [3.05, 3.63) is 34.9 Å². The summed E-state index contributed by atoms with van der Waals surface area (Å²) in [5, 5.41) is 15.1. The van der Waals surface area contributed by atoms with Gasteiger partial charge in [-0.3, -0.25) is 0 Å². The van der Waals surface area contributed by atoms with Gasteiger partial charge in [0.2, 0.25) is 0 Å². The molecular formula is C19H29ClN6O2. The van der Waals surface area contributed by atoms with E-state index in [2.05, 4.69) is 32.7 Å². The van der Waals surface area contributed by atoms with E-state index in [4.69, 9.17) is 21.1 Å². The van der Waals surface area contributed by atoms with E-state index >= 15 is 0 Å². The van der Waals surface area contributed by atoms with Gasteiger partial charge in [0.15, 0.2) is 17.5 Å². The van der Waals surface area contributed by atoms with Crippen molar-refractivity contribution in [3.63, 3.8) is 0 Å². The average Bonchev–Trinajstić information content (AvgIpc) is 3.15. The monoisotopic (exact) mass is 408 g/mol. The van der Waals surface area contributed by atoms with Gasteiger partial charge >= 0.3 is 0 Å². The maximum atomic E-state index is 6.34. The zero-order valence-corrected chi connectivity index (χ0v) is 17.7. The minimum absolute atomic E-state index is 0.463. The van der Waals surface area contributed by atoms with Gasteiger partial charge in [-0.2, -0.15) is 0 Å². The summed E-state index contributed by atoms with van der Waals surface area (Å²) in [5.74, 6) is 2.87. The van der Waals surface area contributed by atoms with E-state index in [-0.39, 0.29) is 0 Å². The van der Waals surface area contributed by atoms with Crippen LogP contribution in [0.4, 0.5) is 0 Å². The smallest absolute Gasteiger partial charge is 0.191 e. The Labute approximate surface area is 171 Å². The third-order valence-corrected chi connectivity index (χ3v) is 4.28. The van der Waals surface area contributed by atoms with E-state index in [0.29, 0.717) is 36.2 Å². The molecule has 0 fully saturated rings. The molecule has 0 unspecified atom stereocenters. The van der Waals surface area contributed by atoms with Crippen LogP contribution in [-0.4, -0.2) is 47.5 Å². The third kappa shape index (κ3) is 6.02. The second-order valence-electron chi connectivity index (χ2n) is 5.96. The molecule has 0 aliphatic carbocycles. The second kappa shape index (κ2) is 11.4. The molecule has 0 aliphatic heterocycles. The van der Waals surface area contributed by atoms with Crippen molar-refractivity contribution in [2.24, 2.45) is 4.99 Å². The number of aromatic nitrogens is 3. The Bertz CT molecular complexity index is 778. The van der Waals surface area contributed by atoms with Gasteiger partial charge in [-0.25, -0.2) is 4.99 Å². The number of nitrogens with one attached hydrogen (secondary N) is 2. The Hall–Kier alpha value is -2.48. The molecule has 2 N–H and O–H groups in total. The molecule has 1 aromatic carbocycles. The van der Waals surface area contributed by atoms with E-state index < -0.39 is 0 Å². The van der Waals surface area contributed by atoms with Gasteiger partial charge in [-0.1, -0.05) is 18.5 Å². The van der Waals surface area contributed by atoms with Crippen molar-refractivity contribution in [3.8, 4) is 11.5 Å². The number of aryl methyl sites for hydroxylation is 1. The summed E-state index contributed by atoms with van der Waals surface area (Å²) in [6, 6.07) is 3.75. The highest BCUT2D eigenvalue weighted by atomic mass is 35.5. The van der Waals surface area contributed by atoms with E-state index in [1.165, 1.54) is 0 Å². The molecule has 0 aliphatic rings. The molecule has 8 nitrogen and oxygen atoms in total. The van der Waals surface area contributed by atoms with Crippen LogP contribution in [-0.2, 0) is 19.5 Å². The van der Waals surface area contributed by atoms with Crippen molar-refractivity contribution >= 4 is 17.6 Å². The lowest BCUT2D eigenvalue weighted by molar-refractivity contribution is 0.311. The molecule has 0 amide bonds. The highest BCUT2D eigenvalue weighted by Gasteiger charge is 2.11. The first-order chi connectivity index (χ1) is 13.6. The number of methoxy groups -OCH3 is 1. The van der Waals surface area contributed by atoms with Crippen LogP contribution in [0.1, 0.15) is 32.2 Å². The van der Waals surface area contributed by atoms with Crippen LogP contribution in [0.3, 0.4) is 0 Å². The van der Waals surface area contributed by atoms with Crippen molar-refractivity contribution < 1.29 is 9.47 Å². The Morgan fingerprint density at radius 2 is 2.07 bits per heavy atom. The highest BCUT2D eigenvalue weighted by Crippen LogP contribution is 2.36. The number of halogens is 1. The Morgan fingerprint density at radius 3 is 2.75 bits per heavy atom. The van der Waals surface area contributed by atoms with Crippen LogP contribution in [0.15, 0.2) is 23.5 Å². The summed E-state index contributed by atoms with van der Waals surface area (Å²) in [6.45, 7) is 9.24. The SMILES string of the molecule is CCNC(=NCc1cc(Cl)c(OCC)c(OC)c1)NCCn1cnnc1CC. The lowest BCUT2D eigenvalue weighted by Crippen LogP contribution is -2.38. The van der Waals surface area contributed by atoms with Gasteiger partial charge in [0.05, 0.1) is 25.3 Å². The van der Waals surface area contributed by atoms with Gasteiger partial charge in [0.1, 0.15) is 12.2 Å². The number of guanidine groups is 1. The van der Waals surface area contributed by atoms with E-state index in [0.717, 1.165) is 36.9 Å². The molecule has 0 bridgehead atoms. The Kier molecular flexibility index (Phi) is 8.87. The minimum Gasteiger partial charge on any atom is -0.493 e. The lowest BCUT2D eigenvalue weighted by atomic mass is 10.2. The zero-order valence-electron chi connectivity index (χ0n) is 17.0. The molecule has 9 heteroatoms. The lowest BCUT2D eigenvalue weighted by Gasteiger charge is -2.14. The maximum Gasteiger partial charge on any atom is 0.191 e. The van der Waals surface area contributed by atoms with E-state index in [1.807, 2.05) is 30.5 Å². The van der Waals surface area contributed by atoms with Gasteiger partial charge in [0, 0.05) is 26.1 Å². The number of ether oxygens (including phenoxy) is 2. The summed E-state index contributed by atoms with van der Waals surface area (Å²) < 4.78 is 13.0. The summed E-state index contributed by atoms with van der Waals surface area (Å²) in [6.07, 6.45) is 2.60. The Morgan fingerprint density at radius 1 is 1.25 bits per heavy atom. The fourth-order valence-electron chi connectivity index (χ4n) is 2.70. The number of hydrogen-bond donors (Lipinski definition) is 2. The number of nitrogens with zero attached hydrogens (tertiary/aromatic N) is 4. The number of hydrogen-bond acceptors (Lipinski definition) is 5. The first-order valence-electron chi connectivity index (χ1n) is 9.50. The van der Waals surface area contributed by atoms with Gasteiger partial charge in [0.25, 0.3) is 0 Å². The average molecular weight is 409 g/mol. The van der Waals surface area contributed by atoms with Gasteiger partial charge < -0.3 is 24.7 Å². The molecule has 0 spiro atoms. The van der Waals surface area contributed by atoms with Crippen molar-refractivity contribution in [1.82, 2.24) is 25.4 Å². The zero-order chi connectivity index (χ0) is 20.4. The highest BCUT2D eigenvalue weighted by molar-refractivity contribution is 6.32. The van der Waals surface area contributed by atoms with Gasteiger partial charge in [-0.15, -0.1) is 10.2 Å². The summed E-state index contributed by atoms with van der Waals surface area (Å²) in [4.78, 5) is 4.64. The summed E-state index contributed by atoms with van der Waals surface area (Å²) in [7, 11) is 1.60. The van der Waals surface area contributed by atoms with Crippen molar-refractivity contribution in [1.29, 1.82) is 0 Å². The van der Waals surface area contributed by atoms with Crippen molar-refractivity contribution in [2.75, 3.05) is 26.8 Å². The molecule has 2 rings (SSSR count). The molecule has 0 atom stereocenters. The van der Waals surface area contributed by atoms with E-state index in [9.17, 15) is 0 Å². The summed E-state index contributed by atoms with van der Waals surface area (Å²) >= 11 is 6.34. The molecule has 1 aromatic heterocycles. The largest absolute Gasteiger partial charge is 0.493 e. The normalized spacial score (nSPS) is 11.4. The number of aliphatic imine (C=N–C) groups is 1. The standard InChI is InChI=1S/C19H29ClN6O2/c1-5-17-25-24-13-26(17)9-8-22-19(21-6-2)23-12-14-10-15(20)18(28-7-3)16(11-14)27-4/h10-11,13H,5-9,12H2,1-4H3,(H2,21,22,23). The second-order valence-corrected chi connectivity index (χ2v) is 6.37. The molecule has 0 radical (unpaired) electrons. The minimum atomic E-state index is 0.463. The van der Waals surface area contributed by atoms with Crippen LogP contribution < -0.4 is 20.1 Å². The quantitative estimate of drug-likeness (QED) is 0.464. The number of benzene rings is 1. The molecule has 0 saturated heterocycles. The van der Waals surface area contributed by atoms with Crippen LogP contribution in [0.25, 0.3) is 0 Å². The van der Waals surface area contributed by atoms with Crippen molar-refractivity contribution in [2.45, 2.75) is 40.3 Å². The molecule has 28 heavy (non-hydrogen) atoms. The fraction of sp³-hybridized carbons (Fsp3) is 0.526. The molecule has 0 saturated carbocycles. The van der Waals surface area contributed by atoms with Crippen LogP contribution in [0.2, 0.25) is 5.02 Å². The maximum absolute atomic E-state index is 6.34. The Balaban J connectivity index is 2.02. The molecule has 2 aromatic rings. The molecule has 154 valence electrons. The molecule has 1 heterocycles. The van der Waals surface area contributed by atoms with Crippen LogP contribution in [0.5, 0.6) is 11.5 Å². The van der Waals surface area contributed by atoms with Gasteiger partial charge in [-0.05, 0) is 31.5 Å². The summed E-state index contributed by atoms with van der Waals surface area (Å²) in [5.41, 5.74) is 0.939. The van der Waals surface area contributed by atoms with Crippen LogP contribution >= 0.6 is 11.6 Å². The fourth-order valence-corrected chi connectivity index (χ4v) is 2.98. The topological polar surface area (TPSA) is 85.6 Å². The molecular weight excluding hydrogens is 380 g/mol. The number of rotatable bonds is 10. The first kappa shape index (κ1) is 21.8. The first-order valence-corrected chi connectivity index (χ1v) is 9.88. The van der Waals surface area contributed by atoms with E-state index in [1.54, 1.807) is 13.4 Å².